The van der Waals surface area contributed by atoms with Crippen LogP contribution in [0.5, 0.6) is 17.2 Å². The smallest absolute Gasteiger partial charge is 0.293 e. The Hall–Kier alpha value is -3.78. The van der Waals surface area contributed by atoms with Crippen molar-refractivity contribution in [3.05, 3.63) is 94.6 Å². The summed E-state index contributed by atoms with van der Waals surface area (Å²) in [5.74, 6) is 0.925. The van der Waals surface area contributed by atoms with Crippen LogP contribution in [0.3, 0.4) is 0 Å². The number of hydrogen-bond acceptors (Lipinski definition) is 6. The highest BCUT2D eigenvalue weighted by Crippen LogP contribution is 2.34. The van der Waals surface area contributed by atoms with E-state index in [1.165, 1.54) is 24.1 Å². The minimum atomic E-state index is -0.364. The number of amides is 2. The van der Waals surface area contributed by atoms with Crippen LogP contribution in [0.1, 0.15) is 11.1 Å². The van der Waals surface area contributed by atoms with Crippen LogP contribution in [0.2, 0.25) is 0 Å². The van der Waals surface area contributed by atoms with Gasteiger partial charge in [0, 0.05) is 0 Å². The number of halogens is 1. The molecule has 3 aromatic rings. The zero-order valence-corrected chi connectivity index (χ0v) is 19.2. The lowest BCUT2D eigenvalue weighted by atomic mass is 10.1. The van der Waals surface area contributed by atoms with E-state index in [1.54, 1.807) is 36.4 Å². The second kappa shape index (κ2) is 10.9. The van der Waals surface area contributed by atoms with Gasteiger partial charge in [-0.05, 0) is 65.4 Å². The van der Waals surface area contributed by atoms with Crippen LogP contribution in [0.15, 0.2) is 77.7 Å². The van der Waals surface area contributed by atoms with Crippen molar-refractivity contribution in [2.45, 2.75) is 6.61 Å². The average molecular weight is 480 g/mol. The SMILES string of the molecule is COc1cc(/C=C2\SC(=O)N(CCOc3ccccc3)C2=O)ccc1OCc1cccc(F)c1. The first-order valence-corrected chi connectivity index (χ1v) is 11.3. The van der Waals surface area contributed by atoms with Crippen LogP contribution in [0.4, 0.5) is 9.18 Å². The number of ether oxygens (including phenoxy) is 3. The lowest BCUT2D eigenvalue weighted by Crippen LogP contribution is -2.32. The molecular formula is C26H22FNO5S. The monoisotopic (exact) mass is 479 g/mol. The fraction of sp³-hybridized carbons (Fsp3) is 0.154. The van der Waals surface area contributed by atoms with Crippen LogP contribution >= 0.6 is 11.8 Å². The number of benzene rings is 3. The molecule has 0 unspecified atom stereocenters. The zero-order chi connectivity index (χ0) is 23.9. The fourth-order valence-electron chi connectivity index (χ4n) is 3.30. The van der Waals surface area contributed by atoms with Crippen molar-refractivity contribution in [1.29, 1.82) is 0 Å². The molecule has 0 saturated carbocycles. The molecule has 0 aliphatic carbocycles. The van der Waals surface area contributed by atoms with E-state index in [2.05, 4.69) is 0 Å². The van der Waals surface area contributed by atoms with Crippen molar-refractivity contribution in [2.75, 3.05) is 20.3 Å². The van der Waals surface area contributed by atoms with Gasteiger partial charge in [-0.1, -0.05) is 36.4 Å². The van der Waals surface area contributed by atoms with Gasteiger partial charge in [-0.2, -0.15) is 0 Å². The molecule has 6 nitrogen and oxygen atoms in total. The number of imide groups is 1. The number of methoxy groups -OCH3 is 1. The molecule has 1 aliphatic rings. The molecule has 0 atom stereocenters. The Kier molecular flexibility index (Phi) is 7.49. The van der Waals surface area contributed by atoms with Crippen LogP contribution in [0, 0.1) is 5.82 Å². The maximum atomic E-state index is 13.4. The number of carbonyl (C=O) groups excluding carboxylic acids is 2. The molecule has 2 amide bonds. The highest BCUT2D eigenvalue weighted by molar-refractivity contribution is 8.18. The first-order chi connectivity index (χ1) is 16.5. The largest absolute Gasteiger partial charge is 0.493 e. The van der Waals surface area contributed by atoms with Crippen molar-refractivity contribution in [3.8, 4) is 17.2 Å². The molecule has 0 aromatic heterocycles. The summed E-state index contributed by atoms with van der Waals surface area (Å²) in [5.41, 5.74) is 1.37. The molecule has 0 radical (unpaired) electrons. The third-order valence-electron chi connectivity index (χ3n) is 4.97. The van der Waals surface area contributed by atoms with Gasteiger partial charge in [0.15, 0.2) is 11.5 Å². The Balaban J connectivity index is 1.40. The first kappa shape index (κ1) is 23.4. The van der Waals surface area contributed by atoms with Crippen molar-refractivity contribution < 1.29 is 28.2 Å². The van der Waals surface area contributed by atoms with Gasteiger partial charge >= 0.3 is 0 Å². The Morgan fingerprint density at radius 2 is 1.76 bits per heavy atom. The van der Waals surface area contributed by atoms with Gasteiger partial charge in [0.2, 0.25) is 0 Å². The number of thioether (sulfide) groups is 1. The van der Waals surface area contributed by atoms with Crippen molar-refractivity contribution >= 4 is 29.0 Å². The predicted molar refractivity (Wildman–Crippen MR) is 128 cm³/mol. The maximum Gasteiger partial charge on any atom is 0.293 e. The molecule has 34 heavy (non-hydrogen) atoms. The maximum absolute atomic E-state index is 13.4. The van der Waals surface area contributed by atoms with Crippen molar-refractivity contribution in [1.82, 2.24) is 4.90 Å². The third-order valence-corrected chi connectivity index (χ3v) is 5.88. The van der Waals surface area contributed by atoms with E-state index >= 15 is 0 Å². The van der Waals surface area contributed by atoms with E-state index in [-0.39, 0.29) is 36.7 Å². The molecule has 3 aromatic carbocycles. The Morgan fingerprint density at radius 3 is 2.53 bits per heavy atom. The minimum Gasteiger partial charge on any atom is -0.493 e. The zero-order valence-electron chi connectivity index (χ0n) is 18.4. The third kappa shape index (κ3) is 5.77. The van der Waals surface area contributed by atoms with E-state index in [0.717, 1.165) is 11.8 Å². The van der Waals surface area contributed by atoms with Crippen LogP contribution in [-0.4, -0.2) is 36.3 Å². The average Bonchev–Trinajstić information content (AvgIpc) is 3.11. The number of rotatable bonds is 9. The van der Waals surface area contributed by atoms with Crippen molar-refractivity contribution in [2.24, 2.45) is 0 Å². The van der Waals surface area contributed by atoms with Gasteiger partial charge in [-0.3, -0.25) is 14.5 Å². The molecule has 174 valence electrons. The molecule has 4 rings (SSSR count). The van der Waals surface area contributed by atoms with Crippen LogP contribution < -0.4 is 14.2 Å². The molecule has 8 heteroatoms. The summed E-state index contributed by atoms with van der Waals surface area (Å²) >= 11 is 0.885. The number of para-hydroxylation sites is 1. The van der Waals surface area contributed by atoms with Gasteiger partial charge in [0.1, 0.15) is 24.8 Å². The van der Waals surface area contributed by atoms with Gasteiger partial charge < -0.3 is 14.2 Å². The van der Waals surface area contributed by atoms with E-state index < -0.39 is 0 Å². The fourth-order valence-corrected chi connectivity index (χ4v) is 4.16. The highest BCUT2D eigenvalue weighted by Gasteiger charge is 2.34. The summed E-state index contributed by atoms with van der Waals surface area (Å²) in [6, 6.07) is 20.6. The van der Waals surface area contributed by atoms with E-state index in [9.17, 15) is 14.0 Å². The Labute approximate surface area is 200 Å². The lowest BCUT2D eigenvalue weighted by Gasteiger charge is -2.13. The summed E-state index contributed by atoms with van der Waals surface area (Å²) in [6.45, 7) is 0.547. The summed E-state index contributed by atoms with van der Waals surface area (Å²) in [5, 5.41) is -0.338. The molecule has 0 spiro atoms. The minimum absolute atomic E-state index is 0.160. The van der Waals surface area contributed by atoms with E-state index in [0.29, 0.717) is 33.3 Å². The molecular weight excluding hydrogens is 457 g/mol. The van der Waals surface area contributed by atoms with Gasteiger partial charge in [0.05, 0.1) is 18.6 Å². The standard InChI is InChI=1S/C26H22FNO5S/c1-31-23-15-18(10-11-22(23)33-17-19-6-5-7-20(27)14-19)16-24-25(29)28(26(30)34-24)12-13-32-21-8-3-2-4-9-21/h2-11,14-16H,12-13,17H2,1H3/b24-16-. The Morgan fingerprint density at radius 1 is 0.941 bits per heavy atom. The topological polar surface area (TPSA) is 65.1 Å². The predicted octanol–water partition coefficient (Wildman–Crippen LogP) is 5.53. The Bertz CT molecular complexity index is 1210. The summed E-state index contributed by atoms with van der Waals surface area (Å²) in [4.78, 5) is 26.6. The molecule has 0 bridgehead atoms. The van der Waals surface area contributed by atoms with Crippen LogP contribution in [0.25, 0.3) is 6.08 Å². The molecule has 1 fully saturated rings. The molecule has 1 aliphatic heterocycles. The first-order valence-electron chi connectivity index (χ1n) is 10.5. The lowest BCUT2D eigenvalue weighted by molar-refractivity contribution is -0.123. The van der Waals surface area contributed by atoms with Crippen LogP contribution in [-0.2, 0) is 11.4 Å². The second-order valence-corrected chi connectivity index (χ2v) is 8.32. The second-order valence-electron chi connectivity index (χ2n) is 7.32. The number of nitrogens with zero attached hydrogens (tertiary/aromatic N) is 1. The summed E-state index contributed by atoms with van der Waals surface area (Å²) < 4.78 is 30.1. The summed E-state index contributed by atoms with van der Waals surface area (Å²) in [7, 11) is 1.51. The van der Waals surface area contributed by atoms with Gasteiger partial charge in [-0.15, -0.1) is 0 Å². The number of hydrogen-bond donors (Lipinski definition) is 0. The van der Waals surface area contributed by atoms with E-state index in [1.807, 2.05) is 30.3 Å². The molecule has 1 saturated heterocycles. The van der Waals surface area contributed by atoms with Crippen molar-refractivity contribution in [3.63, 3.8) is 0 Å². The highest BCUT2D eigenvalue weighted by atomic mass is 32.2. The van der Waals surface area contributed by atoms with Gasteiger partial charge in [-0.25, -0.2) is 4.39 Å². The number of carbonyl (C=O) groups is 2. The quantitative estimate of drug-likeness (QED) is 0.376. The molecule has 1 heterocycles. The normalized spacial score (nSPS) is 14.5. The van der Waals surface area contributed by atoms with E-state index in [4.69, 9.17) is 14.2 Å². The van der Waals surface area contributed by atoms with Gasteiger partial charge in [0.25, 0.3) is 11.1 Å². The summed E-state index contributed by atoms with van der Waals surface area (Å²) in [6.07, 6.45) is 1.64. The molecule has 0 N–H and O–H groups in total.